The van der Waals surface area contributed by atoms with E-state index >= 15 is 0 Å². The Morgan fingerprint density at radius 3 is 1.22 bits per heavy atom. The highest BCUT2D eigenvalue weighted by atomic mass is 19.4. The Bertz CT molecular complexity index is 2450. The summed E-state index contributed by atoms with van der Waals surface area (Å²) in [6.07, 6.45) is -8.11. The van der Waals surface area contributed by atoms with Gasteiger partial charge in [-0.05, 0) is 74.2 Å². The molecule has 8 rings (SSSR count). The predicted molar refractivity (Wildman–Crippen MR) is 200 cm³/mol. The Kier molecular flexibility index (Phi) is 11.2. The molecule has 4 N–H and O–H groups in total. The molecule has 0 unspecified atom stereocenters. The number of carbonyl (C=O) groups is 2. The van der Waals surface area contributed by atoms with Crippen molar-refractivity contribution < 1.29 is 54.9 Å². The van der Waals surface area contributed by atoms with Gasteiger partial charge in [-0.1, -0.05) is 0 Å². The molecule has 312 valence electrons. The number of fused-ring (bicyclic) bond motifs is 2. The molecule has 2 saturated carbocycles. The van der Waals surface area contributed by atoms with Crippen molar-refractivity contribution in [1.82, 2.24) is 29.9 Å². The van der Waals surface area contributed by atoms with E-state index in [9.17, 15) is 54.9 Å². The molecule has 6 atom stereocenters. The number of alkyl halides is 8. The first-order chi connectivity index (χ1) is 28.3. The van der Waals surface area contributed by atoms with Gasteiger partial charge in [0.15, 0.2) is 12.2 Å². The molecular formula is C40H32F8N8O4. The average molecular weight is 841 g/mol. The number of aliphatic hydroxyl groups is 2. The van der Waals surface area contributed by atoms with Gasteiger partial charge < -0.3 is 20.8 Å². The van der Waals surface area contributed by atoms with Gasteiger partial charge in [0.2, 0.25) is 11.8 Å². The lowest BCUT2D eigenvalue weighted by Crippen LogP contribution is -2.21. The van der Waals surface area contributed by atoms with E-state index in [1.165, 1.54) is 49.3 Å². The van der Waals surface area contributed by atoms with Gasteiger partial charge >= 0.3 is 12.4 Å². The molecule has 60 heavy (non-hydrogen) atoms. The molecule has 0 aromatic carbocycles. The number of nitrogens with zero attached hydrogens (tertiary/aromatic N) is 6. The van der Waals surface area contributed by atoms with Crippen molar-refractivity contribution in [2.24, 2.45) is 11.8 Å². The molecule has 0 radical (unpaired) electrons. The van der Waals surface area contributed by atoms with Gasteiger partial charge in [0, 0.05) is 69.9 Å². The second kappa shape index (κ2) is 16.1. The first kappa shape index (κ1) is 41.9. The fourth-order valence-corrected chi connectivity index (χ4v) is 6.14. The second-order valence-electron chi connectivity index (χ2n) is 14.4. The lowest BCUT2D eigenvalue weighted by atomic mass is 10.0. The van der Waals surface area contributed by atoms with Crippen LogP contribution in [0.4, 0.5) is 46.8 Å². The number of aromatic nitrogens is 6. The highest BCUT2D eigenvalue weighted by Gasteiger charge is 2.45. The van der Waals surface area contributed by atoms with E-state index < -0.39 is 71.9 Å². The fourth-order valence-electron chi connectivity index (χ4n) is 6.14. The van der Waals surface area contributed by atoms with Gasteiger partial charge in [-0.2, -0.15) is 26.3 Å². The quantitative estimate of drug-likeness (QED) is 0.111. The van der Waals surface area contributed by atoms with Gasteiger partial charge in [-0.3, -0.25) is 29.5 Å². The highest BCUT2D eigenvalue weighted by Crippen LogP contribution is 2.37. The minimum Gasteiger partial charge on any atom is -0.378 e. The standard InChI is InChI=1S/2C20H16F4N4O2/c2*1-9-2-16(18(29)20(22,23)24)26-8-13(9)15-3-10-7-27-17(4-11(10)6-25-15)28-19(30)12-5-14(12)21/h2*2-4,6-8,12,14,18,29H,5H2,1H3,(H,27,28,30)/t12-,14+,18+;12-,14+,18-/m11/s1. The SMILES string of the molecule is Cc1cc([C@@H](O)C(F)(F)F)ncc1-c1cc2cnc(NC(=O)[C@@H]3C[C@@H]3F)cc2cn1.Cc1cc([C@H](O)C(F)(F)F)ncc1-c1cc2cnc(NC(=O)[C@@H]3C[C@@H]3F)cc2cn1. The smallest absolute Gasteiger partial charge is 0.378 e. The van der Waals surface area contributed by atoms with Gasteiger partial charge in [0.05, 0.1) is 34.6 Å². The topological polar surface area (TPSA) is 176 Å². The van der Waals surface area contributed by atoms with E-state index in [-0.39, 0.29) is 24.5 Å². The number of anilines is 2. The first-order valence-electron chi connectivity index (χ1n) is 18.1. The summed E-state index contributed by atoms with van der Waals surface area (Å²) < 4.78 is 102. The molecule has 2 amide bonds. The van der Waals surface area contributed by atoms with Crippen molar-refractivity contribution in [1.29, 1.82) is 0 Å². The van der Waals surface area contributed by atoms with Crippen molar-refractivity contribution in [3.63, 3.8) is 0 Å². The van der Waals surface area contributed by atoms with E-state index in [0.717, 1.165) is 0 Å². The van der Waals surface area contributed by atoms with E-state index in [0.29, 0.717) is 55.2 Å². The Labute approximate surface area is 334 Å². The van der Waals surface area contributed by atoms with E-state index in [1.54, 1.807) is 38.1 Å². The minimum absolute atomic E-state index is 0.219. The Morgan fingerprint density at radius 1 is 0.567 bits per heavy atom. The van der Waals surface area contributed by atoms with Crippen molar-refractivity contribution in [3.05, 3.63) is 96.1 Å². The number of pyridine rings is 6. The largest absolute Gasteiger partial charge is 0.420 e. The number of rotatable bonds is 8. The number of nitrogens with one attached hydrogen (secondary N) is 2. The van der Waals surface area contributed by atoms with Crippen molar-refractivity contribution in [2.45, 2.75) is 63.6 Å². The van der Waals surface area contributed by atoms with Crippen LogP contribution in [-0.2, 0) is 9.59 Å². The summed E-state index contributed by atoms with van der Waals surface area (Å²) in [5, 5.41) is 26.6. The van der Waals surface area contributed by atoms with Gasteiger partial charge in [-0.25, -0.2) is 18.7 Å². The maximum atomic E-state index is 13.0. The number of amides is 2. The molecule has 6 aromatic rings. The van der Waals surface area contributed by atoms with Crippen LogP contribution in [0.2, 0.25) is 0 Å². The number of hydrogen-bond acceptors (Lipinski definition) is 10. The lowest BCUT2D eigenvalue weighted by molar-refractivity contribution is -0.208. The highest BCUT2D eigenvalue weighted by molar-refractivity contribution is 5.97. The summed E-state index contributed by atoms with van der Waals surface area (Å²) in [7, 11) is 0. The zero-order valence-corrected chi connectivity index (χ0v) is 31.2. The monoisotopic (exact) mass is 840 g/mol. The molecule has 0 saturated heterocycles. The summed E-state index contributed by atoms with van der Waals surface area (Å²) in [4.78, 5) is 48.1. The van der Waals surface area contributed by atoms with Crippen LogP contribution in [-0.4, -0.2) is 76.6 Å². The van der Waals surface area contributed by atoms with Crippen LogP contribution in [0.3, 0.4) is 0 Å². The summed E-state index contributed by atoms with van der Waals surface area (Å²) >= 11 is 0. The molecule has 6 heterocycles. The number of hydrogen-bond donors (Lipinski definition) is 4. The Hall–Kier alpha value is -6.28. The minimum atomic E-state index is -4.80. The van der Waals surface area contributed by atoms with Gasteiger partial charge in [0.1, 0.15) is 24.0 Å². The summed E-state index contributed by atoms with van der Waals surface area (Å²) in [6.45, 7) is 3.20. The van der Waals surface area contributed by atoms with E-state index in [4.69, 9.17) is 0 Å². The third kappa shape index (κ3) is 9.28. The average Bonchev–Trinajstić information content (AvgIpc) is 4.13. The molecule has 6 aromatic heterocycles. The fraction of sp³-hybridized carbons (Fsp3) is 0.300. The normalized spacial score (nSPS) is 19.5. The molecule has 20 heteroatoms. The summed E-state index contributed by atoms with van der Waals surface area (Å²) in [5.41, 5.74) is 1.92. The third-order valence-corrected chi connectivity index (χ3v) is 9.80. The first-order valence-corrected chi connectivity index (χ1v) is 18.1. The molecule has 2 fully saturated rings. The zero-order valence-electron chi connectivity index (χ0n) is 31.2. The number of halogens is 8. The molecule has 0 aliphatic heterocycles. The van der Waals surface area contributed by atoms with Crippen LogP contribution in [0.25, 0.3) is 44.1 Å². The predicted octanol–water partition coefficient (Wildman–Crippen LogP) is 7.78. The van der Waals surface area contributed by atoms with E-state index in [2.05, 4.69) is 40.5 Å². The van der Waals surface area contributed by atoms with Crippen LogP contribution in [0.5, 0.6) is 0 Å². The maximum Gasteiger partial charge on any atom is 0.420 e. The lowest BCUT2D eigenvalue weighted by Gasteiger charge is -2.15. The zero-order chi connectivity index (χ0) is 43.3. The summed E-state index contributed by atoms with van der Waals surface area (Å²) in [6, 6.07) is 8.94. The number of carbonyl (C=O) groups excluding carboxylic acids is 2. The summed E-state index contributed by atoms with van der Waals surface area (Å²) in [5.74, 6) is -1.52. The number of aryl methyl sites for hydroxylation is 2. The van der Waals surface area contributed by atoms with Gasteiger partial charge in [-0.15, -0.1) is 0 Å². The second-order valence-corrected chi connectivity index (χ2v) is 14.4. The number of aliphatic hydroxyl groups excluding tert-OH is 2. The Balaban J connectivity index is 0.000000181. The molecular weight excluding hydrogens is 808 g/mol. The van der Waals surface area contributed by atoms with Crippen LogP contribution >= 0.6 is 0 Å². The van der Waals surface area contributed by atoms with Crippen LogP contribution in [0, 0.1) is 25.7 Å². The van der Waals surface area contributed by atoms with Crippen LogP contribution < -0.4 is 10.6 Å². The van der Waals surface area contributed by atoms with Crippen LogP contribution in [0.15, 0.2) is 73.6 Å². The van der Waals surface area contributed by atoms with Crippen molar-refractivity contribution in [2.75, 3.05) is 10.6 Å². The molecule has 0 spiro atoms. The molecule has 2 aliphatic rings. The van der Waals surface area contributed by atoms with Crippen molar-refractivity contribution >= 4 is 45.0 Å². The molecule has 12 nitrogen and oxygen atoms in total. The Morgan fingerprint density at radius 2 is 0.900 bits per heavy atom. The van der Waals surface area contributed by atoms with Crippen molar-refractivity contribution in [3.8, 4) is 22.5 Å². The maximum absolute atomic E-state index is 13.0. The molecule has 0 bridgehead atoms. The molecule has 2 aliphatic carbocycles. The van der Waals surface area contributed by atoms with Gasteiger partial charge in [0.25, 0.3) is 0 Å². The van der Waals surface area contributed by atoms with Crippen LogP contribution in [0.1, 0.15) is 47.6 Å². The third-order valence-electron chi connectivity index (χ3n) is 9.80. The van der Waals surface area contributed by atoms with E-state index in [1.807, 2.05) is 0 Å².